The second-order valence-electron chi connectivity index (χ2n) is 12.4. The Morgan fingerprint density at radius 1 is 0.479 bits per heavy atom. The zero-order chi connectivity index (χ0) is 31.8. The van der Waals surface area contributed by atoms with Crippen LogP contribution in [0, 0.1) is 0 Å². The van der Waals surface area contributed by atoms with Crippen molar-refractivity contribution in [2.24, 2.45) is 0 Å². The van der Waals surface area contributed by atoms with Gasteiger partial charge in [0, 0.05) is 44.0 Å². The van der Waals surface area contributed by atoms with Crippen molar-refractivity contribution in [3.8, 4) is 39.4 Å². The zero-order valence-electron chi connectivity index (χ0n) is 25.9. The standard InChI is InChI=1S/C44H28N2O2/c47-27-42-36-17-8-7-15-32(36)38-24-23-37-35-22-20-29(26-41(35)46(43(37)44(38)48-42)31-13-5-2-6-14-31)28-19-21-34-33-16-9-10-18-39(33)45(40(34)25-28)30-11-3-1-4-12-30/h1-27,42H. The summed E-state index contributed by atoms with van der Waals surface area (Å²) in [5.74, 6) is 0.735. The lowest BCUT2D eigenvalue weighted by atomic mass is 9.92. The van der Waals surface area contributed by atoms with Crippen LogP contribution in [0.1, 0.15) is 11.7 Å². The Bertz CT molecular complexity index is 2720. The summed E-state index contributed by atoms with van der Waals surface area (Å²) in [4.78, 5) is 12.3. The Morgan fingerprint density at radius 3 is 1.77 bits per heavy atom. The van der Waals surface area contributed by atoms with E-state index in [-0.39, 0.29) is 0 Å². The fourth-order valence-electron chi connectivity index (χ4n) is 7.72. The molecule has 0 N–H and O–H groups in total. The second-order valence-corrected chi connectivity index (χ2v) is 12.4. The first-order valence-corrected chi connectivity index (χ1v) is 16.3. The van der Waals surface area contributed by atoms with Crippen LogP contribution < -0.4 is 4.74 Å². The van der Waals surface area contributed by atoms with E-state index in [2.05, 4.69) is 143 Å². The Morgan fingerprint density at radius 2 is 1.04 bits per heavy atom. The van der Waals surface area contributed by atoms with Crippen LogP contribution in [-0.2, 0) is 4.79 Å². The van der Waals surface area contributed by atoms with Gasteiger partial charge in [-0.1, -0.05) is 109 Å². The third-order valence-electron chi connectivity index (χ3n) is 9.85. The van der Waals surface area contributed by atoms with Gasteiger partial charge in [0.05, 0.1) is 22.1 Å². The third-order valence-corrected chi connectivity index (χ3v) is 9.85. The number of carbonyl (C=O) groups is 1. The number of aromatic nitrogens is 2. The molecule has 4 nitrogen and oxygen atoms in total. The minimum Gasteiger partial charge on any atom is -0.475 e. The van der Waals surface area contributed by atoms with E-state index >= 15 is 0 Å². The van der Waals surface area contributed by atoms with E-state index in [9.17, 15) is 4.79 Å². The molecule has 0 radical (unpaired) electrons. The van der Waals surface area contributed by atoms with Crippen molar-refractivity contribution in [3.05, 3.63) is 163 Å². The molecule has 7 aromatic carbocycles. The van der Waals surface area contributed by atoms with Gasteiger partial charge in [0.1, 0.15) is 0 Å². The summed E-state index contributed by atoms with van der Waals surface area (Å²) >= 11 is 0. The van der Waals surface area contributed by atoms with Gasteiger partial charge in [-0.25, -0.2) is 0 Å². The van der Waals surface area contributed by atoms with Crippen LogP contribution in [0.25, 0.3) is 77.2 Å². The highest BCUT2D eigenvalue weighted by Gasteiger charge is 2.29. The molecule has 226 valence electrons. The first kappa shape index (κ1) is 26.8. The first-order chi connectivity index (χ1) is 23.8. The molecule has 2 aromatic heterocycles. The predicted octanol–water partition coefficient (Wildman–Crippen LogP) is 10.8. The van der Waals surface area contributed by atoms with Crippen molar-refractivity contribution >= 4 is 49.9 Å². The summed E-state index contributed by atoms with van der Waals surface area (Å²) in [5.41, 5.74) is 11.8. The molecule has 10 rings (SSSR count). The van der Waals surface area contributed by atoms with E-state index < -0.39 is 6.10 Å². The van der Waals surface area contributed by atoms with Crippen molar-refractivity contribution < 1.29 is 9.53 Å². The molecular weight excluding hydrogens is 588 g/mol. The van der Waals surface area contributed by atoms with Gasteiger partial charge in [0.25, 0.3) is 0 Å². The van der Waals surface area contributed by atoms with Gasteiger partial charge in [-0.2, -0.15) is 0 Å². The maximum absolute atomic E-state index is 12.3. The monoisotopic (exact) mass is 616 g/mol. The van der Waals surface area contributed by atoms with Crippen molar-refractivity contribution in [2.75, 3.05) is 0 Å². The maximum atomic E-state index is 12.3. The topological polar surface area (TPSA) is 36.2 Å². The van der Waals surface area contributed by atoms with E-state index in [1.807, 2.05) is 24.3 Å². The Hall–Kier alpha value is -6.39. The number of ether oxygens (including phenoxy) is 1. The summed E-state index contributed by atoms with van der Waals surface area (Å²) in [5, 5.41) is 4.68. The molecule has 3 heterocycles. The SMILES string of the molecule is O=CC1Oc2c(ccc3c4ccc(-c5ccc6c7ccccc7n(-c7ccccc7)c6c5)cc4n(-c4ccccc4)c23)-c2ccccc21. The van der Waals surface area contributed by atoms with Crippen LogP contribution in [0.5, 0.6) is 5.75 Å². The molecule has 0 aliphatic carbocycles. The van der Waals surface area contributed by atoms with Crippen LogP contribution in [0.15, 0.2) is 158 Å². The van der Waals surface area contributed by atoms with Gasteiger partial charge < -0.3 is 13.9 Å². The summed E-state index contributed by atoms with van der Waals surface area (Å²) in [6, 6.07) is 55.5. The highest BCUT2D eigenvalue weighted by atomic mass is 16.5. The largest absolute Gasteiger partial charge is 0.475 e. The van der Waals surface area contributed by atoms with Crippen LogP contribution in [0.3, 0.4) is 0 Å². The quantitative estimate of drug-likeness (QED) is 0.185. The number of hydrogen-bond acceptors (Lipinski definition) is 2. The maximum Gasteiger partial charge on any atom is 0.179 e. The van der Waals surface area contributed by atoms with E-state index in [0.29, 0.717) is 0 Å². The molecule has 0 spiro atoms. The minimum atomic E-state index is -0.666. The second kappa shape index (κ2) is 10.3. The smallest absolute Gasteiger partial charge is 0.179 e. The molecule has 1 aliphatic heterocycles. The average Bonchev–Trinajstić information content (AvgIpc) is 3.67. The fourth-order valence-corrected chi connectivity index (χ4v) is 7.72. The van der Waals surface area contributed by atoms with Crippen molar-refractivity contribution in [2.45, 2.75) is 6.10 Å². The molecule has 1 aliphatic rings. The summed E-state index contributed by atoms with van der Waals surface area (Å²) in [6.07, 6.45) is 0.235. The number of hydrogen-bond donors (Lipinski definition) is 0. The van der Waals surface area contributed by atoms with Gasteiger partial charge in [-0.3, -0.25) is 4.79 Å². The fraction of sp³-hybridized carbons (Fsp3) is 0.0227. The van der Waals surface area contributed by atoms with Crippen molar-refractivity contribution in [3.63, 3.8) is 0 Å². The molecule has 0 fully saturated rings. The van der Waals surface area contributed by atoms with E-state index in [4.69, 9.17) is 4.74 Å². The number of fused-ring (bicyclic) bond motifs is 10. The van der Waals surface area contributed by atoms with Crippen molar-refractivity contribution in [1.82, 2.24) is 9.13 Å². The van der Waals surface area contributed by atoms with Gasteiger partial charge in [0.2, 0.25) is 0 Å². The van der Waals surface area contributed by atoms with Crippen LogP contribution in [0.4, 0.5) is 0 Å². The number of para-hydroxylation sites is 3. The zero-order valence-corrected chi connectivity index (χ0v) is 25.9. The van der Waals surface area contributed by atoms with Crippen molar-refractivity contribution in [1.29, 1.82) is 0 Å². The molecule has 0 bridgehead atoms. The first-order valence-electron chi connectivity index (χ1n) is 16.3. The van der Waals surface area contributed by atoms with Crippen LogP contribution in [-0.4, -0.2) is 15.4 Å². The highest BCUT2D eigenvalue weighted by molar-refractivity contribution is 6.15. The van der Waals surface area contributed by atoms with Gasteiger partial charge >= 0.3 is 0 Å². The number of benzene rings is 7. The molecule has 9 aromatic rings. The predicted molar refractivity (Wildman–Crippen MR) is 195 cm³/mol. The summed E-state index contributed by atoms with van der Waals surface area (Å²) < 4.78 is 11.2. The molecule has 0 amide bonds. The number of nitrogens with zero attached hydrogens (tertiary/aromatic N) is 2. The lowest BCUT2D eigenvalue weighted by Gasteiger charge is -2.26. The number of aldehydes is 1. The normalized spacial score (nSPS) is 13.9. The van der Waals surface area contributed by atoms with Gasteiger partial charge in [0.15, 0.2) is 18.1 Å². The molecule has 1 unspecified atom stereocenters. The number of rotatable bonds is 4. The molecule has 48 heavy (non-hydrogen) atoms. The Kier molecular flexibility index (Phi) is 5.75. The molecule has 0 saturated carbocycles. The van der Waals surface area contributed by atoms with E-state index in [1.165, 1.54) is 21.8 Å². The molecule has 1 atom stereocenters. The van der Waals surface area contributed by atoms with E-state index in [0.717, 1.165) is 73.0 Å². The van der Waals surface area contributed by atoms with Crippen LogP contribution >= 0.6 is 0 Å². The average molecular weight is 617 g/mol. The summed E-state index contributed by atoms with van der Waals surface area (Å²) in [7, 11) is 0. The lowest BCUT2D eigenvalue weighted by molar-refractivity contribution is -0.113. The molecule has 4 heteroatoms. The van der Waals surface area contributed by atoms with Gasteiger partial charge in [-0.05, 0) is 65.2 Å². The Balaban J connectivity index is 1.25. The molecular formula is C44H28N2O2. The minimum absolute atomic E-state index is 0.666. The number of carbonyl (C=O) groups excluding carboxylic acids is 1. The summed E-state index contributed by atoms with van der Waals surface area (Å²) in [6.45, 7) is 0. The Labute approximate surface area is 276 Å². The van der Waals surface area contributed by atoms with E-state index in [1.54, 1.807) is 0 Å². The lowest BCUT2D eigenvalue weighted by Crippen LogP contribution is -2.15. The van der Waals surface area contributed by atoms with Gasteiger partial charge in [-0.15, -0.1) is 0 Å². The molecule has 0 saturated heterocycles. The van der Waals surface area contributed by atoms with Crippen LogP contribution in [0.2, 0.25) is 0 Å². The third kappa shape index (κ3) is 3.80. The highest BCUT2D eigenvalue weighted by Crippen LogP contribution is 2.49.